The third-order valence-corrected chi connectivity index (χ3v) is 4.02. The number of nitrogens with one attached hydrogen (secondary N) is 1. The molecule has 2 aromatic carbocycles. The zero-order chi connectivity index (χ0) is 17.6. The average Bonchev–Trinajstić information content (AvgIpc) is 2.57. The van der Waals surface area contributed by atoms with Gasteiger partial charge in [-0.15, -0.1) is 0 Å². The zero-order valence-corrected chi connectivity index (χ0v) is 14.3. The van der Waals surface area contributed by atoms with Crippen LogP contribution in [0.1, 0.15) is 38.3 Å². The number of carbonyl (C=O) groups excluding carboxylic acids is 2. The van der Waals surface area contributed by atoms with Crippen molar-refractivity contribution in [1.82, 2.24) is 0 Å². The molecule has 0 radical (unpaired) electrons. The Kier molecular flexibility index (Phi) is 5.74. The Morgan fingerprint density at radius 1 is 1.04 bits per heavy atom. The molecule has 0 aliphatic rings. The second-order valence-electron chi connectivity index (χ2n) is 5.98. The quantitative estimate of drug-likeness (QED) is 0.815. The molecule has 24 heavy (non-hydrogen) atoms. The first kappa shape index (κ1) is 17.7. The lowest BCUT2D eigenvalue weighted by atomic mass is 9.93. The van der Waals surface area contributed by atoms with E-state index in [-0.39, 0.29) is 18.3 Å². The third kappa shape index (κ3) is 4.69. The predicted molar refractivity (Wildman–Crippen MR) is 94.6 cm³/mol. The average molecular weight is 325 g/mol. The highest BCUT2D eigenvalue weighted by Crippen LogP contribution is 2.29. The van der Waals surface area contributed by atoms with Gasteiger partial charge in [-0.25, -0.2) is 0 Å². The fourth-order valence-corrected chi connectivity index (χ4v) is 2.49. The molecular formula is C20H23NO3. The molecule has 0 aliphatic heterocycles. The number of carbonyl (C=O) groups is 2. The Bertz CT molecular complexity index is 695. The smallest absolute Gasteiger partial charge is 0.311 e. The zero-order valence-electron chi connectivity index (χ0n) is 14.3. The van der Waals surface area contributed by atoms with Crippen molar-refractivity contribution in [3.63, 3.8) is 0 Å². The lowest BCUT2D eigenvalue weighted by Crippen LogP contribution is -2.29. The van der Waals surface area contributed by atoms with Gasteiger partial charge < -0.3 is 10.1 Å². The monoisotopic (exact) mass is 325 g/mol. The van der Waals surface area contributed by atoms with Crippen molar-refractivity contribution in [3.05, 3.63) is 65.7 Å². The van der Waals surface area contributed by atoms with Crippen LogP contribution in [0.2, 0.25) is 0 Å². The molecule has 0 bridgehead atoms. The fourth-order valence-electron chi connectivity index (χ4n) is 2.49. The van der Waals surface area contributed by atoms with Crippen LogP contribution in [0.4, 0.5) is 5.69 Å². The van der Waals surface area contributed by atoms with E-state index in [1.807, 2.05) is 56.3 Å². The minimum atomic E-state index is -0.630. The number of rotatable bonds is 6. The van der Waals surface area contributed by atoms with Gasteiger partial charge in [0, 0.05) is 12.6 Å². The summed E-state index contributed by atoms with van der Waals surface area (Å²) in [6, 6.07) is 17.0. The van der Waals surface area contributed by atoms with Crippen molar-refractivity contribution in [2.75, 3.05) is 5.32 Å². The van der Waals surface area contributed by atoms with E-state index in [2.05, 4.69) is 5.32 Å². The maximum Gasteiger partial charge on any atom is 0.311 e. The van der Waals surface area contributed by atoms with Crippen molar-refractivity contribution in [2.24, 2.45) is 0 Å². The summed E-state index contributed by atoms with van der Waals surface area (Å²) in [6.45, 7) is 5.39. The Hall–Kier alpha value is -2.62. The van der Waals surface area contributed by atoms with Crippen LogP contribution in [-0.2, 0) is 26.3 Å². The van der Waals surface area contributed by atoms with E-state index < -0.39 is 5.60 Å². The highest BCUT2D eigenvalue weighted by Gasteiger charge is 2.28. The molecule has 1 amide bonds. The van der Waals surface area contributed by atoms with Crippen LogP contribution in [0.25, 0.3) is 0 Å². The second-order valence-corrected chi connectivity index (χ2v) is 5.98. The number of ether oxygens (including phenoxy) is 1. The van der Waals surface area contributed by atoms with Crippen molar-refractivity contribution >= 4 is 17.6 Å². The van der Waals surface area contributed by atoms with E-state index >= 15 is 0 Å². The molecule has 4 nitrogen and oxygen atoms in total. The summed E-state index contributed by atoms with van der Waals surface area (Å²) in [5, 5.41) is 2.70. The maximum absolute atomic E-state index is 12.3. The Balaban J connectivity index is 2.02. The van der Waals surface area contributed by atoms with E-state index in [1.54, 1.807) is 12.1 Å². The highest BCUT2D eigenvalue weighted by atomic mass is 16.6. The summed E-state index contributed by atoms with van der Waals surface area (Å²) in [6.07, 6.45) is 0.896. The van der Waals surface area contributed by atoms with Crippen LogP contribution in [0.15, 0.2) is 54.6 Å². The number of hydrogen-bond donors (Lipinski definition) is 1. The largest absolute Gasteiger partial charge is 0.454 e. The molecule has 4 heteroatoms. The van der Waals surface area contributed by atoms with E-state index in [1.165, 1.54) is 6.92 Å². The van der Waals surface area contributed by atoms with Crippen LogP contribution in [0.5, 0.6) is 0 Å². The third-order valence-electron chi connectivity index (χ3n) is 4.02. The topological polar surface area (TPSA) is 55.4 Å². The molecule has 0 saturated heterocycles. The summed E-state index contributed by atoms with van der Waals surface area (Å²) < 4.78 is 5.76. The second kappa shape index (κ2) is 7.77. The van der Waals surface area contributed by atoms with E-state index in [0.29, 0.717) is 12.1 Å². The number of hydrogen-bond acceptors (Lipinski definition) is 3. The molecule has 0 saturated carbocycles. The predicted octanol–water partition coefficient (Wildman–Crippen LogP) is 4.06. The molecule has 2 rings (SSSR count). The molecule has 0 fully saturated rings. The number of benzene rings is 2. The SMILES string of the molecule is CCC(C)(OC(=O)Cc1ccc(NC(C)=O)cc1)c1ccccc1. The van der Waals surface area contributed by atoms with Crippen molar-refractivity contribution in [2.45, 2.75) is 39.2 Å². The lowest BCUT2D eigenvalue weighted by Gasteiger charge is -2.29. The summed E-state index contributed by atoms with van der Waals surface area (Å²) in [5.74, 6) is -0.390. The van der Waals surface area contributed by atoms with Gasteiger partial charge in [0.1, 0.15) is 5.60 Å². The van der Waals surface area contributed by atoms with E-state index in [0.717, 1.165) is 11.1 Å². The Morgan fingerprint density at radius 3 is 2.21 bits per heavy atom. The van der Waals surface area contributed by atoms with Crippen LogP contribution >= 0.6 is 0 Å². The van der Waals surface area contributed by atoms with Gasteiger partial charge >= 0.3 is 5.97 Å². The molecule has 0 aromatic heterocycles. The molecule has 1 unspecified atom stereocenters. The van der Waals surface area contributed by atoms with Gasteiger partial charge in [0.2, 0.25) is 5.91 Å². The molecule has 0 heterocycles. The van der Waals surface area contributed by atoms with Crippen molar-refractivity contribution in [1.29, 1.82) is 0 Å². The first-order chi connectivity index (χ1) is 11.4. The van der Waals surface area contributed by atoms with Crippen LogP contribution in [0, 0.1) is 0 Å². The van der Waals surface area contributed by atoms with Gasteiger partial charge in [-0.2, -0.15) is 0 Å². The maximum atomic E-state index is 12.3. The van der Waals surface area contributed by atoms with Crippen LogP contribution < -0.4 is 5.32 Å². The minimum Gasteiger partial charge on any atom is -0.454 e. The van der Waals surface area contributed by atoms with Gasteiger partial charge in [-0.05, 0) is 36.6 Å². The summed E-state index contributed by atoms with van der Waals surface area (Å²) in [7, 11) is 0. The molecular weight excluding hydrogens is 302 g/mol. The molecule has 2 aromatic rings. The standard InChI is InChI=1S/C20H23NO3/c1-4-20(3,17-8-6-5-7-9-17)24-19(23)14-16-10-12-18(13-11-16)21-15(2)22/h5-13H,4,14H2,1-3H3,(H,21,22). The van der Waals surface area contributed by atoms with Crippen LogP contribution in [0.3, 0.4) is 0 Å². The Labute approximate surface area is 142 Å². The van der Waals surface area contributed by atoms with Gasteiger partial charge in [-0.1, -0.05) is 49.4 Å². The highest BCUT2D eigenvalue weighted by molar-refractivity contribution is 5.88. The van der Waals surface area contributed by atoms with Crippen molar-refractivity contribution in [3.8, 4) is 0 Å². The molecule has 1 N–H and O–H groups in total. The van der Waals surface area contributed by atoms with E-state index in [9.17, 15) is 9.59 Å². The Morgan fingerprint density at radius 2 is 1.67 bits per heavy atom. The van der Waals surface area contributed by atoms with E-state index in [4.69, 9.17) is 4.74 Å². The number of esters is 1. The van der Waals surface area contributed by atoms with Gasteiger partial charge in [0.15, 0.2) is 0 Å². The first-order valence-corrected chi connectivity index (χ1v) is 8.07. The van der Waals surface area contributed by atoms with Crippen molar-refractivity contribution < 1.29 is 14.3 Å². The number of anilines is 1. The lowest BCUT2D eigenvalue weighted by molar-refractivity contribution is -0.158. The summed E-state index contributed by atoms with van der Waals surface area (Å²) >= 11 is 0. The normalized spacial score (nSPS) is 13.0. The van der Waals surface area contributed by atoms with Gasteiger partial charge in [0.05, 0.1) is 6.42 Å². The molecule has 0 aliphatic carbocycles. The van der Waals surface area contributed by atoms with Gasteiger partial charge in [-0.3, -0.25) is 9.59 Å². The molecule has 126 valence electrons. The first-order valence-electron chi connectivity index (χ1n) is 8.07. The minimum absolute atomic E-state index is 0.122. The fraction of sp³-hybridized carbons (Fsp3) is 0.300. The number of amides is 1. The van der Waals surface area contributed by atoms with Crippen LogP contribution in [-0.4, -0.2) is 11.9 Å². The van der Waals surface area contributed by atoms with Gasteiger partial charge in [0.25, 0.3) is 0 Å². The molecule has 0 spiro atoms. The summed E-state index contributed by atoms with van der Waals surface area (Å²) in [4.78, 5) is 23.3. The summed E-state index contributed by atoms with van der Waals surface area (Å²) in [5.41, 5.74) is 1.92. The molecule has 1 atom stereocenters.